The first-order valence-electron chi connectivity index (χ1n) is 11.8. The van der Waals surface area contributed by atoms with Gasteiger partial charge in [-0.25, -0.2) is 0 Å². The van der Waals surface area contributed by atoms with Crippen LogP contribution in [-0.2, 0) is 15.7 Å². The van der Waals surface area contributed by atoms with Crippen molar-refractivity contribution >= 4 is 5.91 Å². The maximum Gasteiger partial charge on any atom is 0.416 e. The summed E-state index contributed by atoms with van der Waals surface area (Å²) in [6, 6.07) is 12.2. The predicted octanol–water partition coefficient (Wildman–Crippen LogP) is 4.59. The molecular formula is C26H31F3N2O4. The summed E-state index contributed by atoms with van der Waals surface area (Å²) >= 11 is 0. The molecule has 9 heteroatoms. The molecule has 1 amide bonds. The van der Waals surface area contributed by atoms with E-state index in [1.807, 2.05) is 31.2 Å². The quantitative estimate of drug-likeness (QED) is 0.613. The number of amides is 1. The molecule has 0 spiro atoms. The molecule has 35 heavy (non-hydrogen) atoms. The molecule has 0 bridgehead atoms. The number of rotatable bonds is 7. The van der Waals surface area contributed by atoms with Crippen molar-refractivity contribution in [2.75, 3.05) is 33.4 Å². The van der Waals surface area contributed by atoms with Crippen LogP contribution in [0.15, 0.2) is 48.5 Å². The van der Waals surface area contributed by atoms with E-state index in [4.69, 9.17) is 14.2 Å². The van der Waals surface area contributed by atoms with Crippen LogP contribution in [0.25, 0.3) is 0 Å². The maximum atomic E-state index is 13.7. The lowest BCUT2D eigenvalue weighted by Gasteiger charge is -2.43. The van der Waals surface area contributed by atoms with Crippen molar-refractivity contribution < 1.29 is 32.2 Å². The average Bonchev–Trinajstić information content (AvgIpc) is 3.33. The Morgan fingerprint density at radius 1 is 1.17 bits per heavy atom. The van der Waals surface area contributed by atoms with Gasteiger partial charge in [0.05, 0.1) is 18.7 Å². The van der Waals surface area contributed by atoms with Gasteiger partial charge < -0.3 is 19.5 Å². The van der Waals surface area contributed by atoms with Crippen LogP contribution in [0.3, 0.4) is 0 Å². The standard InChI is InChI=1S/C26H31F3N2O4/c1-18(22-8-3-4-9-23(22)33-2)30-24(32)25(11-14-34-15-12-25)31-13-10-21(17-31)35-20-7-5-6-19(16-20)26(27,28)29/h3-9,16,18,21H,10-15,17H2,1-2H3,(H,30,32)/t18-,21+/m0/s1. The molecule has 2 aromatic carbocycles. The normalized spacial score (nSPS) is 21.3. The Bertz CT molecular complexity index is 1020. The maximum absolute atomic E-state index is 13.7. The van der Waals surface area contributed by atoms with Crippen LogP contribution in [0.2, 0.25) is 0 Å². The number of carbonyl (C=O) groups is 1. The van der Waals surface area contributed by atoms with Crippen molar-refractivity contribution in [2.24, 2.45) is 0 Å². The van der Waals surface area contributed by atoms with E-state index in [2.05, 4.69) is 10.2 Å². The van der Waals surface area contributed by atoms with Crippen molar-refractivity contribution in [3.05, 3.63) is 59.7 Å². The summed E-state index contributed by atoms with van der Waals surface area (Å²) < 4.78 is 56.1. The lowest BCUT2D eigenvalue weighted by Crippen LogP contribution is -2.61. The molecule has 2 fully saturated rings. The minimum absolute atomic E-state index is 0.0843. The van der Waals surface area contributed by atoms with Crippen molar-refractivity contribution in [3.63, 3.8) is 0 Å². The second-order valence-corrected chi connectivity index (χ2v) is 9.08. The molecule has 2 aliphatic rings. The third kappa shape index (κ3) is 5.56. The molecule has 0 aromatic heterocycles. The Labute approximate surface area is 203 Å². The van der Waals surface area contributed by atoms with Gasteiger partial charge >= 0.3 is 6.18 Å². The number of benzene rings is 2. The van der Waals surface area contributed by atoms with Crippen LogP contribution in [0.5, 0.6) is 11.5 Å². The molecule has 4 rings (SSSR count). The summed E-state index contributed by atoms with van der Waals surface area (Å²) in [4.78, 5) is 15.8. The van der Waals surface area contributed by atoms with E-state index in [1.165, 1.54) is 12.1 Å². The third-order valence-electron chi connectivity index (χ3n) is 6.91. The Balaban J connectivity index is 1.47. The van der Waals surface area contributed by atoms with Gasteiger partial charge in [0.1, 0.15) is 23.1 Å². The minimum Gasteiger partial charge on any atom is -0.496 e. The SMILES string of the molecule is COc1ccccc1[C@H](C)NC(=O)C1(N2CC[C@@H](Oc3cccc(C(F)(F)F)c3)C2)CCOCC1. The molecule has 2 aliphatic heterocycles. The van der Waals surface area contributed by atoms with Crippen LogP contribution < -0.4 is 14.8 Å². The van der Waals surface area contributed by atoms with Gasteiger partial charge in [-0.2, -0.15) is 13.2 Å². The second kappa shape index (κ2) is 10.5. The second-order valence-electron chi connectivity index (χ2n) is 9.08. The summed E-state index contributed by atoms with van der Waals surface area (Å²) in [7, 11) is 1.60. The largest absolute Gasteiger partial charge is 0.496 e. The molecule has 0 unspecified atom stereocenters. The molecule has 0 saturated carbocycles. The molecule has 2 atom stereocenters. The number of methoxy groups -OCH3 is 1. The van der Waals surface area contributed by atoms with E-state index in [0.717, 1.165) is 17.7 Å². The number of hydrogen-bond acceptors (Lipinski definition) is 5. The molecule has 2 heterocycles. The van der Waals surface area contributed by atoms with Gasteiger partial charge in [-0.1, -0.05) is 24.3 Å². The number of nitrogens with one attached hydrogen (secondary N) is 1. The fourth-order valence-electron chi connectivity index (χ4n) is 4.98. The number of halogens is 3. The van der Waals surface area contributed by atoms with E-state index in [9.17, 15) is 18.0 Å². The van der Waals surface area contributed by atoms with Gasteiger partial charge in [0.15, 0.2) is 0 Å². The van der Waals surface area contributed by atoms with Gasteiger partial charge in [-0.15, -0.1) is 0 Å². The smallest absolute Gasteiger partial charge is 0.416 e. The number of alkyl halides is 3. The van der Waals surface area contributed by atoms with Crippen LogP contribution in [-0.4, -0.2) is 55.9 Å². The number of nitrogens with zero attached hydrogens (tertiary/aromatic N) is 1. The first-order chi connectivity index (χ1) is 16.7. The highest BCUT2D eigenvalue weighted by Crippen LogP contribution is 2.35. The van der Waals surface area contributed by atoms with Crippen molar-refractivity contribution in [3.8, 4) is 11.5 Å². The van der Waals surface area contributed by atoms with Crippen molar-refractivity contribution in [1.82, 2.24) is 10.2 Å². The number of para-hydroxylation sites is 1. The summed E-state index contributed by atoms with van der Waals surface area (Å²) in [5.41, 5.74) is -0.617. The Morgan fingerprint density at radius 2 is 1.91 bits per heavy atom. The van der Waals surface area contributed by atoms with Gasteiger partial charge in [-0.3, -0.25) is 9.69 Å². The van der Waals surface area contributed by atoms with Crippen molar-refractivity contribution in [1.29, 1.82) is 0 Å². The Morgan fingerprint density at radius 3 is 2.63 bits per heavy atom. The highest BCUT2D eigenvalue weighted by Gasteiger charge is 2.48. The fraction of sp³-hybridized carbons (Fsp3) is 0.500. The van der Waals surface area contributed by atoms with Crippen molar-refractivity contribution in [2.45, 2.75) is 50.0 Å². The summed E-state index contributed by atoms with van der Waals surface area (Å²) in [6.45, 7) is 3.91. The van der Waals surface area contributed by atoms with Crippen LogP contribution in [0.4, 0.5) is 13.2 Å². The lowest BCUT2D eigenvalue weighted by molar-refractivity contribution is -0.141. The van der Waals surface area contributed by atoms with Crippen LogP contribution in [0.1, 0.15) is 43.4 Å². The first kappa shape index (κ1) is 25.3. The molecule has 190 valence electrons. The zero-order chi connectivity index (χ0) is 25.1. The van der Waals surface area contributed by atoms with Gasteiger partial charge in [0, 0.05) is 31.9 Å². The molecule has 0 radical (unpaired) electrons. The lowest BCUT2D eigenvalue weighted by atomic mass is 9.86. The first-order valence-corrected chi connectivity index (χ1v) is 11.8. The summed E-state index contributed by atoms with van der Waals surface area (Å²) in [6.07, 6.45) is -3.04. The predicted molar refractivity (Wildman–Crippen MR) is 124 cm³/mol. The summed E-state index contributed by atoms with van der Waals surface area (Å²) in [5, 5.41) is 3.16. The average molecular weight is 493 g/mol. The highest BCUT2D eigenvalue weighted by molar-refractivity contribution is 5.87. The molecule has 6 nitrogen and oxygen atoms in total. The molecule has 0 aliphatic carbocycles. The number of carbonyl (C=O) groups excluding carboxylic acids is 1. The van der Waals surface area contributed by atoms with E-state index < -0.39 is 17.3 Å². The minimum atomic E-state index is -4.43. The zero-order valence-electron chi connectivity index (χ0n) is 19.9. The zero-order valence-corrected chi connectivity index (χ0v) is 19.9. The fourth-order valence-corrected chi connectivity index (χ4v) is 4.98. The molecule has 1 N–H and O–H groups in total. The topological polar surface area (TPSA) is 60.0 Å². The Kier molecular flexibility index (Phi) is 7.56. The number of likely N-dealkylation sites (tertiary alicyclic amines) is 1. The van der Waals surface area contributed by atoms with Gasteiger partial charge in [0.2, 0.25) is 5.91 Å². The molecular weight excluding hydrogens is 461 g/mol. The van der Waals surface area contributed by atoms with E-state index in [-0.39, 0.29) is 23.8 Å². The van der Waals surface area contributed by atoms with E-state index in [1.54, 1.807) is 7.11 Å². The molecule has 2 saturated heterocycles. The third-order valence-corrected chi connectivity index (χ3v) is 6.91. The number of hydrogen-bond donors (Lipinski definition) is 1. The van der Waals surface area contributed by atoms with E-state index >= 15 is 0 Å². The highest BCUT2D eigenvalue weighted by atomic mass is 19.4. The van der Waals surface area contributed by atoms with Crippen LogP contribution >= 0.6 is 0 Å². The molecule has 2 aromatic rings. The summed E-state index contributed by atoms with van der Waals surface area (Å²) in [5.74, 6) is 0.804. The monoisotopic (exact) mass is 492 g/mol. The van der Waals surface area contributed by atoms with Crippen LogP contribution in [0, 0.1) is 0 Å². The van der Waals surface area contributed by atoms with Gasteiger partial charge in [-0.05, 0) is 50.5 Å². The van der Waals surface area contributed by atoms with Gasteiger partial charge in [0.25, 0.3) is 0 Å². The number of ether oxygens (including phenoxy) is 3. The van der Waals surface area contributed by atoms with E-state index in [0.29, 0.717) is 51.3 Å². The Hall–Kier alpha value is -2.78.